The molecule has 0 amide bonds. The fourth-order valence-corrected chi connectivity index (χ4v) is 5.29. The molecule has 188 valence electrons. The van der Waals surface area contributed by atoms with Gasteiger partial charge in [-0.3, -0.25) is 4.90 Å². The number of nitrogens with zero attached hydrogens (tertiary/aromatic N) is 3. The molecule has 0 aliphatic carbocycles. The van der Waals surface area contributed by atoms with E-state index in [2.05, 4.69) is 88.3 Å². The lowest BCUT2D eigenvalue weighted by molar-refractivity contribution is 0.260. The minimum absolute atomic E-state index is 0.771. The number of halogens is 1. The Kier molecular flexibility index (Phi) is 7.69. The van der Waals surface area contributed by atoms with E-state index in [1.807, 2.05) is 18.2 Å². The molecule has 1 N–H and O–H groups in total. The SMILES string of the molecule is CCN(CC)c1cccc(Oc2ccccc2N2CCN(CCc3c[nH]c4cc(Cl)ccc34)CC2)c1. The fourth-order valence-electron chi connectivity index (χ4n) is 5.12. The number of rotatable bonds is 9. The minimum atomic E-state index is 0.771. The second-order valence-electron chi connectivity index (χ2n) is 9.32. The third kappa shape index (κ3) is 5.48. The van der Waals surface area contributed by atoms with Gasteiger partial charge in [0, 0.05) is 79.7 Å². The summed E-state index contributed by atoms with van der Waals surface area (Å²) in [5, 5.41) is 2.04. The van der Waals surface area contributed by atoms with Gasteiger partial charge in [-0.15, -0.1) is 0 Å². The Morgan fingerprint density at radius 1 is 0.917 bits per heavy atom. The normalized spacial score (nSPS) is 14.4. The molecule has 0 atom stereocenters. The highest BCUT2D eigenvalue weighted by Crippen LogP contribution is 2.34. The van der Waals surface area contributed by atoms with Crippen molar-refractivity contribution in [1.29, 1.82) is 0 Å². The van der Waals surface area contributed by atoms with Crippen molar-refractivity contribution in [3.05, 3.63) is 83.5 Å². The highest BCUT2D eigenvalue weighted by Gasteiger charge is 2.20. The maximum atomic E-state index is 6.42. The van der Waals surface area contributed by atoms with Crippen LogP contribution in [0.15, 0.2) is 72.9 Å². The average molecular weight is 503 g/mol. The molecular formula is C30H35ClN4O. The van der Waals surface area contributed by atoms with Crippen LogP contribution >= 0.6 is 11.6 Å². The first-order valence-corrected chi connectivity index (χ1v) is 13.4. The number of hydrogen-bond donors (Lipinski definition) is 1. The van der Waals surface area contributed by atoms with Gasteiger partial charge >= 0.3 is 0 Å². The van der Waals surface area contributed by atoms with Gasteiger partial charge in [0.15, 0.2) is 5.75 Å². The van der Waals surface area contributed by atoms with Crippen LogP contribution in [0, 0.1) is 0 Å². The zero-order valence-electron chi connectivity index (χ0n) is 21.2. The summed E-state index contributed by atoms with van der Waals surface area (Å²) in [4.78, 5) is 10.7. The first-order chi connectivity index (χ1) is 17.6. The monoisotopic (exact) mass is 502 g/mol. The maximum Gasteiger partial charge on any atom is 0.150 e. The molecule has 1 saturated heterocycles. The number of benzene rings is 3. The number of nitrogens with one attached hydrogen (secondary N) is 1. The molecule has 0 bridgehead atoms. The van der Waals surface area contributed by atoms with E-state index >= 15 is 0 Å². The summed E-state index contributed by atoms with van der Waals surface area (Å²) in [5.41, 5.74) is 4.83. The maximum absolute atomic E-state index is 6.42. The average Bonchev–Trinajstić information content (AvgIpc) is 3.31. The Bertz CT molecular complexity index is 1290. The first-order valence-electron chi connectivity index (χ1n) is 13.0. The van der Waals surface area contributed by atoms with Crippen LogP contribution < -0.4 is 14.5 Å². The fraction of sp³-hybridized carbons (Fsp3) is 0.333. The van der Waals surface area contributed by atoms with Gasteiger partial charge in [0.2, 0.25) is 0 Å². The van der Waals surface area contributed by atoms with Crippen molar-refractivity contribution in [2.75, 3.05) is 55.6 Å². The summed E-state index contributed by atoms with van der Waals surface area (Å²) in [5.74, 6) is 1.80. The van der Waals surface area contributed by atoms with Gasteiger partial charge in [0.25, 0.3) is 0 Å². The summed E-state index contributed by atoms with van der Waals surface area (Å²) in [6.45, 7) is 11.4. The Hall–Kier alpha value is -3.15. The molecule has 0 spiro atoms. The number of para-hydroxylation sites is 2. The summed E-state index contributed by atoms with van der Waals surface area (Å²) in [7, 11) is 0. The standard InChI is InChI=1S/C30H35ClN4O/c1-3-34(4-2)25-8-7-9-26(21-25)36-30-11-6-5-10-29(30)35-18-16-33(17-19-35)15-14-23-22-32-28-20-24(31)12-13-27(23)28/h5-13,20-22,32H,3-4,14-19H2,1-2H3. The summed E-state index contributed by atoms with van der Waals surface area (Å²) < 4.78 is 6.42. The van der Waals surface area contributed by atoms with Crippen LogP contribution in [0.2, 0.25) is 5.02 Å². The molecule has 6 heteroatoms. The Morgan fingerprint density at radius 3 is 2.53 bits per heavy atom. The quantitative estimate of drug-likeness (QED) is 0.272. The molecule has 0 saturated carbocycles. The van der Waals surface area contributed by atoms with Crippen molar-refractivity contribution < 1.29 is 4.74 Å². The molecule has 1 aliphatic rings. The topological polar surface area (TPSA) is 34.7 Å². The highest BCUT2D eigenvalue weighted by atomic mass is 35.5. The van der Waals surface area contributed by atoms with E-state index in [1.54, 1.807) is 0 Å². The van der Waals surface area contributed by atoms with Gasteiger partial charge in [0.1, 0.15) is 5.75 Å². The van der Waals surface area contributed by atoms with E-state index in [0.29, 0.717) is 0 Å². The van der Waals surface area contributed by atoms with Gasteiger partial charge in [-0.05, 0) is 62.2 Å². The van der Waals surface area contributed by atoms with E-state index in [1.165, 1.54) is 22.3 Å². The predicted octanol–water partition coefficient (Wildman–Crippen LogP) is 6.82. The molecule has 0 radical (unpaired) electrons. The van der Waals surface area contributed by atoms with Crippen molar-refractivity contribution in [3.8, 4) is 11.5 Å². The summed E-state index contributed by atoms with van der Waals surface area (Å²) in [6, 6.07) is 22.9. The number of hydrogen-bond acceptors (Lipinski definition) is 4. The molecule has 1 aromatic heterocycles. The molecule has 2 heterocycles. The van der Waals surface area contributed by atoms with Crippen LogP contribution in [0.1, 0.15) is 19.4 Å². The molecule has 3 aromatic carbocycles. The van der Waals surface area contributed by atoms with Crippen LogP contribution in [-0.4, -0.2) is 55.7 Å². The van der Waals surface area contributed by atoms with E-state index in [-0.39, 0.29) is 0 Å². The van der Waals surface area contributed by atoms with Crippen molar-refractivity contribution in [3.63, 3.8) is 0 Å². The van der Waals surface area contributed by atoms with Gasteiger partial charge in [-0.2, -0.15) is 0 Å². The van der Waals surface area contributed by atoms with Gasteiger partial charge in [-0.1, -0.05) is 35.9 Å². The zero-order chi connectivity index (χ0) is 24.9. The Morgan fingerprint density at radius 2 is 1.72 bits per heavy atom. The predicted molar refractivity (Wildman–Crippen MR) is 152 cm³/mol. The first kappa shape index (κ1) is 24.5. The van der Waals surface area contributed by atoms with Crippen LogP contribution in [0.4, 0.5) is 11.4 Å². The van der Waals surface area contributed by atoms with Crippen molar-refractivity contribution >= 4 is 33.9 Å². The van der Waals surface area contributed by atoms with E-state index < -0.39 is 0 Å². The minimum Gasteiger partial charge on any atom is -0.455 e. The van der Waals surface area contributed by atoms with Crippen LogP contribution in [0.3, 0.4) is 0 Å². The number of piperazine rings is 1. The molecule has 36 heavy (non-hydrogen) atoms. The summed E-state index contributed by atoms with van der Waals surface area (Å²) >= 11 is 6.14. The van der Waals surface area contributed by atoms with E-state index in [9.17, 15) is 0 Å². The number of ether oxygens (including phenoxy) is 1. The number of aromatic amines is 1. The molecule has 4 aromatic rings. The van der Waals surface area contributed by atoms with E-state index in [4.69, 9.17) is 16.3 Å². The number of H-pyrrole nitrogens is 1. The Labute approximate surface area is 219 Å². The van der Waals surface area contributed by atoms with Crippen LogP contribution in [0.5, 0.6) is 11.5 Å². The largest absolute Gasteiger partial charge is 0.455 e. The highest BCUT2D eigenvalue weighted by molar-refractivity contribution is 6.31. The second-order valence-corrected chi connectivity index (χ2v) is 9.76. The zero-order valence-corrected chi connectivity index (χ0v) is 22.0. The molecule has 5 rings (SSSR count). The summed E-state index contributed by atoms with van der Waals surface area (Å²) in [6.07, 6.45) is 3.16. The number of anilines is 2. The molecule has 1 aliphatic heterocycles. The lowest BCUT2D eigenvalue weighted by Gasteiger charge is -2.36. The van der Waals surface area contributed by atoms with Crippen LogP contribution in [0.25, 0.3) is 10.9 Å². The smallest absolute Gasteiger partial charge is 0.150 e. The van der Waals surface area contributed by atoms with Gasteiger partial charge in [-0.25, -0.2) is 0 Å². The number of fused-ring (bicyclic) bond motifs is 1. The van der Waals surface area contributed by atoms with Crippen molar-refractivity contribution in [2.24, 2.45) is 0 Å². The third-order valence-electron chi connectivity index (χ3n) is 7.18. The molecule has 1 fully saturated rings. The lowest BCUT2D eigenvalue weighted by Crippen LogP contribution is -2.47. The van der Waals surface area contributed by atoms with Gasteiger partial charge < -0.3 is 19.5 Å². The van der Waals surface area contributed by atoms with Crippen molar-refractivity contribution in [2.45, 2.75) is 20.3 Å². The second kappa shape index (κ2) is 11.3. The van der Waals surface area contributed by atoms with Crippen molar-refractivity contribution in [1.82, 2.24) is 9.88 Å². The Balaban J connectivity index is 1.21. The molecule has 5 nitrogen and oxygen atoms in total. The number of aromatic nitrogens is 1. The van der Waals surface area contributed by atoms with Crippen LogP contribution in [-0.2, 0) is 6.42 Å². The van der Waals surface area contributed by atoms with Gasteiger partial charge in [0.05, 0.1) is 5.69 Å². The molecule has 0 unspecified atom stereocenters. The molecular weight excluding hydrogens is 468 g/mol. The third-order valence-corrected chi connectivity index (χ3v) is 7.41. The van der Waals surface area contributed by atoms with E-state index in [0.717, 1.165) is 74.3 Å². The lowest BCUT2D eigenvalue weighted by atomic mass is 10.1.